The number of carbonyl (C=O) groups excluding carboxylic acids is 1. The van der Waals surface area contributed by atoms with Crippen molar-refractivity contribution in [3.05, 3.63) is 0 Å². The van der Waals surface area contributed by atoms with Crippen LogP contribution in [0, 0.1) is 0 Å². The molecule has 1 rings (SSSR count). The molecule has 0 radical (unpaired) electrons. The molecule has 0 aromatic carbocycles. The number of hydrogen-bond acceptors (Lipinski definition) is 4. The zero-order valence-electron chi connectivity index (χ0n) is 10.8. The van der Waals surface area contributed by atoms with E-state index in [1.54, 1.807) is 6.92 Å². The Hall–Kier alpha value is -0.940. The van der Waals surface area contributed by atoms with E-state index in [0.29, 0.717) is 31.8 Å². The van der Waals surface area contributed by atoms with Crippen molar-refractivity contribution >= 4 is 11.6 Å². The maximum absolute atomic E-state index is 11.7. The first-order valence-corrected chi connectivity index (χ1v) is 6.06. The predicted octanol–water partition coefficient (Wildman–Crippen LogP) is 0.513. The molecule has 2 N–H and O–H groups in total. The maximum atomic E-state index is 11.7. The molecule has 0 aliphatic carbocycles. The number of hydrogen-bond donors (Lipinski definition) is 2. The normalized spacial score (nSPS) is 20.4. The maximum Gasteiger partial charge on any atom is 0.265 e. The van der Waals surface area contributed by atoms with Gasteiger partial charge in [0.2, 0.25) is 0 Å². The summed E-state index contributed by atoms with van der Waals surface area (Å²) >= 11 is 0. The first-order chi connectivity index (χ1) is 7.93. The number of aliphatic hydroxyl groups is 1. The summed E-state index contributed by atoms with van der Waals surface area (Å²) in [6.45, 7) is 6.88. The van der Waals surface area contributed by atoms with Gasteiger partial charge in [-0.2, -0.15) is 0 Å². The van der Waals surface area contributed by atoms with Crippen LogP contribution in [0.2, 0.25) is 0 Å². The molecule has 0 bridgehead atoms. The van der Waals surface area contributed by atoms with Crippen LogP contribution in [0.3, 0.4) is 0 Å². The van der Waals surface area contributed by atoms with E-state index in [0.717, 1.165) is 0 Å². The van der Waals surface area contributed by atoms with Crippen LogP contribution in [0.4, 0.5) is 0 Å². The highest BCUT2D eigenvalue weighted by Gasteiger charge is 2.30. The largest absolute Gasteiger partial charge is 0.388 e. The Balaban J connectivity index is 2.42. The van der Waals surface area contributed by atoms with Gasteiger partial charge in [-0.1, -0.05) is 0 Å². The van der Waals surface area contributed by atoms with Gasteiger partial charge in [-0.3, -0.25) is 9.79 Å². The Bertz CT molecular complexity index is 294. The summed E-state index contributed by atoms with van der Waals surface area (Å²) in [6, 6.07) is 0.104. The van der Waals surface area contributed by atoms with Crippen LogP contribution in [0.15, 0.2) is 4.99 Å². The number of rotatable bonds is 4. The SMILES string of the molecule is CC(=NC(C)C)C(=O)NCC1(O)CCOCC1. The van der Waals surface area contributed by atoms with Gasteiger partial charge in [0.1, 0.15) is 0 Å². The smallest absolute Gasteiger partial charge is 0.265 e. The first-order valence-electron chi connectivity index (χ1n) is 6.06. The lowest BCUT2D eigenvalue weighted by Crippen LogP contribution is -2.47. The summed E-state index contributed by atoms with van der Waals surface area (Å²) in [6.07, 6.45) is 1.13. The molecule has 1 aliphatic rings. The summed E-state index contributed by atoms with van der Waals surface area (Å²) in [5.41, 5.74) is -0.373. The first kappa shape index (κ1) is 14.1. The van der Waals surface area contributed by atoms with E-state index in [4.69, 9.17) is 4.74 Å². The Morgan fingerprint density at radius 3 is 2.59 bits per heavy atom. The highest BCUT2D eigenvalue weighted by molar-refractivity contribution is 6.37. The molecule has 17 heavy (non-hydrogen) atoms. The van der Waals surface area contributed by atoms with Crippen molar-refractivity contribution in [1.82, 2.24) is 5.32 Å². The van der Waals surface area contributed by atoms with E-state index in [2.05, 4.69) is 10.3 Å². The number of amides is 1. The van der Waals surface area contributed by atoms with E-state index in [1.807, 2.05) is 13.8 Å². The van der Waals surface area contributed by atoms with Crippen molar-refractivity contribution in [2.24, 2.45) is 4.99 Å². The van der Waals surface area contributed by atoms with E-state index >= 15 is 0 Å². The van der Waals surface area contributed by atoms with Gasteiger partial charge in [-0.25, -0.2) is 0 Å². The van der Waals surface area contributed by atoms with Crippen LogP contribution in [-0.4, -0.2) is 48.1 Å². The predicted molar refractivity (Wildman–Crippen MR) is 66.3 cm³/mol. The van der Waals surface area contributed by atoms with Crippen molar-refractivity contribution < 1.29 is 14.6 Å². The molecule has 0 spiro atoms. The summed E-state index contributed by atoms with van der Waals surface area (Å²) in [4.78, 5) is 15.8. The van der Waals surface area contributed by atoms with Crippen molar-refractivity contribution in [1.29, 1.82) is 0 Å². The molecule has 5 nitrogen and oxygen atoms in total. The highest BCUT2D eigenvalue weighted by atomic mass is 16.5. The Morgan fingerprint density at radius 2 is 2.06 bits per heavy atom. The number of carbonyl (C=O) groups is 1. The lowest BCUT2D eigenvalue weighted by atomic mass is 9.94. The minimum Gasteiger partial charge on any atom is -0.388 e. The highest BCUT2D eigenvalue weighted by Crippen LogP contribution is 2.19. The van der Waals surface area contributed by atoms with Gasteiger partial charge >= 0.3 is 0 Å². The third-order valence-electron chi connectivity index (χ3n) is 2.78. The summed E-state index contributed by atoms with van der Waals surface area (Å²) < 4.78 is 5.18. The van der Waals surface area contributed by atoms with Crippen LogP contribution < -0.4 is 5.32 Å². The van der Waals surface area contributed by atoms with Gasteiger partial charge in [0, 0.05) is 38.6 Å². The topological polar surface area (TPSA) is 70.9 Å². The quantitative estimate of drug-likeness (QED) is 0.706. The third kappa shape index (κ3) is 4.83. The molecule has 0 aromatic rings. The molecule has 0 unspecified atom stereocenters. The zero-order chi connectivity index (χ0) is 12.9. The summed E-state index contributed by atoms with van der Waals surface area (Å²) in [5, 5.41) is 12.9. The lowest BCUT2D eigenvalue weighted by Gasteiger charge is -2.32. The third-order valence-corrected chi connectivity index (χ3v) is 2.78. The molecule has 0 aromatic heterocycles. The minimum absolute atomic E-state index is 0.104. The molecule has 0 saturated carbocycles. The fraction of sp³-hybridized carbons (Fsp3) is 0.833. The number of nitrogens with zero attached hydrogens (tertiary/aromatic N) is 1. The molecule has 1 heterocycles. The van der Waals surface area contributed by atoms with Crippen LogP contribution in [0.5, 0.6) is 0 Å². The van der Waals surface area contributed by atoms with Gasteiger partial charge < -0.3 is 15.2 Å². The molecule has 98 valence electrons. The van der Waals surface area contributed by atoms with Gasteiger partial charge in [0.05, 0.1) is 11.3 Å². The molecule has 1 saturated heterocycles. The molecule has 1 fully saturated rings. The standard InChI is InChI=1S/C12H22N2O3/c1-9(2)14-10(3)11(15)13-8-12(16)4-6-17-7-5-12/h9,16H,4-8H2,1-3H3,(H,13,15). The van der Waals surface area contributed by atoms with Gasteiger partial charge in [-0.15, -0.1) is 0 Å². The second-order valence-electron chi connectivity index (χ2n) is 4.83. The van der Waals surface area contributed by atoms with Crippen LogP contribution in [0.1, 0.15) is 33.6 Å². The van der Waals surface area contributed by atoms with Crippen molar-refractivity contribution in [2.75, 3.05) is 19.8 Å². The number of nitrogens with one attached hydrogen (secondary N) is 1. The average molecular weight is 242 g/mol. The summed E-state index contributed by atoms with van der Waals surface area (Å²) in [7, 11) is 0. The van der Waals surface area contributed by atoms with E-state index in [9.17, 15) is 9.90 Å². The average Bonchev–Trinajstić information content (AvgIpc) is 2.26. The van der Waals surface area contributed by atoms with Crippen LogP contribution in [-0.2, 0) is 9.53 Å². The van der Waals surface area contributed by atoms with E-state index in [1.165, 1.54) is 0 Å². The fourth-order valence-electron chi connectivity index (χ4n) is 1.75. The van der Waals surface area contributed by atoms with Crippen LogP contribution in [0.25, 0.3) is 0 Å². The number of aliphatic imine (C=N–C) groups is 1. The Labute approximate surface area is 102 Å². The zero-order valence-corrected chi connectivity index (χ0v) is 10.8. The second-order valence-corrected chi connectivity index (χ2v) is 4.83. The van der Waals surface area contributed by atoms with Gasteiger partial charge in [0.15, 0.2) is 0 Å². The van der Waals surface area contributed by atoms with Crippen LogP contribution >= 0.6 is 0 Å². The molecule has 0 atom stereocenters. The monoisotopic (exact) mass is 242 g/mol. The minimum atomic E-state index is -0.827. The van der Waals surface area contributed by atoms with E-state index < -0.39 is 5.60 Å². The van der Waals surface area contributed by atoms with Crippen molar-refractivity contribution in [3.63, 3.8) is 0 Å². The van der Waals surface area contributed by atoms with E-state index in [-0.39, 0.29) is 18.5 Å². The molecular formula is C12H22N2O3. The molecule has 1 amide bonds. The van der Waals surface area contributed by atoms with Gasteiger partial charge in [0.25, 0.3) is 5.91 Å². The summed E-state index contributed by atoms with van der Waals surface area (Å²) in [5.74, 6) is -0.210. The number of ether oxygens (including phenoxy) is 1. The fourth-order valence-corrected chi connectivity index (χ4v) is 1.75. The Kier molecular flexibility index (Phi) is 5.08. The van der Waals surface area contributed by atoms with Crippen molar-refractivity contribution in [3.8, 4) is 0 Å². The second kappa shape index (κ2) is 6.12. The molecule has 1 aliphatic heterocycles. The van der Waals surface area contributed by atoms with Crippen molar-refractivity contribution in [2.45, 2.75) is 45.3 Å². The molecule has 5 heteroatoms. The van der Waals surface area contributed by atoms with Gasteiger partial charge in [-0.05, 0) is 20.8 Å². The Morgan fingerprint density at radius 1 is 1.47 bits per heavy atom. The molecular weight excluding hydrogens is 220 g/mol. The lowest BCUT2D eigenvalue weighted by molar-refractivity contribution is -0.117.